The average Bonchev–Trinajstić information content (AvgIpc) is 2.47. The highest BCUT2D eigenvalue weighted by Crippen LogP contribution is 2.25. The summed E-state index contributed by atoms with van der Waals surface area (Å²) in [6.07, 6.45) is -4.47. The molecule has 0 aromatic heterocycles. The number of halogens is 6. The number of piperazine rings is 1. The minimum Gasteiger partial charge on any atom is -0.350 e. The molecule has 10 heteroatoms. The van der Waals surface area contributed by atoms with E-state index in [-0.39, 0.29) is 31.1 Å². The Labute approximate surface area is 151 Å². The van der Waals surface area contributed by atoms with Crippen LogP contribution >= 0.6 is 28.3 Å². The molecule has 0 bridgehead atoms. The van der Waals surface area contributed by atoms with Crippen LogP contribution in [0.25, 0.3) is 0 Å². The average molecular weight is 435 g/mol. The number of nitrogens with one attached hydrogen (secondary N) is 2. The van der Waals surface area contributed by atoms with Crippen LogP contribution < -0.4 is 10.6 Å². The molecular formula is C14H17BrClF4N3O. The molecule has 1 aromatic rings. The van der Waals surface area contributed by atoms with Gasteiger partial charge in [0.1, 0.15) is 11.9 Å². The van der Waals surface area contributed by atoms with Crippen LogP contribution in [-0.2, 0) is 0 Å². The normalized spacial score (nSPS) is 17.0. The topological polar surface area (TPSA) is 44.4 Å². The van der Waals surface area contributed by atoms with E-state index in [1.54, 1.807) is 0 Å². The van der Waals surface area contributed by atoms with E-state index in [2.05, 4.69) is 26.6 Å². The van der Waals surface area contributed by atoms with Crippen molar-refractivity contribution < 1.29 is 22.4 Å². The van der Waals surface area contributed by atoms with E-state index in [1.807, 2.05) is 0 Å². The molecule has 1 amide bonds. The first-order valence-electron chi connectivity index (χ1n) is 7.04. The molecular weight excluding hydrogens is 418 g/mol. The van der Waals surface area contributed by atoms with E-state index in [0.717, 1.165) is 6.07 Å². The second-order valence-electron chi connectivity index (χ2n) is 5.18. The van der Waals surface area contributed by atoms with Crippen molar-refractivity contribution in [3.8, 4) is 0 Å². The van der Waals surface area contributed by atoms with E-state index in [4.69, 9.17) is 0 Å². The Hall–Kier alpha value is -0.900. The summed E-state index contributed by atoms with van der Waals surface area (Å²) < 4.78 is 53.7. The van der Waals surface area contributed by atoms with Crippen molar-refractivity contribution in [3.63, 3.8) is 0 Å². The summed E-state index contributed by atoms with van der Waals surface area (Å²) in [4.78, 5) is 13.2. The molecule has 136 valence electrons. The number of hydrogen-bond donors (Lipinski definition) is 2. The zero-order valence-electron chi connectivity index (χ0n) is 12.5. The Morgan fingerprint density at radius 1 is 1.33 bits per heavy atom. The van der Waals surface area contributed by atoms with Gasteiger partial charge >= 0.3 is 6.18 Å². The molecule has 0 saturated carbocycles. The molecule has 1 saturated heterocycles. The van der Waals surface area contributed by atoms with Crippen LogP contribution in [-0.4, -0.2) is 55.7 Å². The van der Waals surface area contributed by atoms with Gasteiger partial charge < -0.3 is 10.6 Å². The predicted molar refractivity (Wildman–Crippen MR) is 88.0 cm³/mol. The quantitative estimate of drug-likeness (QED) is 0.716. The Morgan fingerprint density at radius 2 is 1.96 bits per heavy atom. The highest BCUT2D eigenvalue weighted by molar-refractivity contribution is 9.10. The van der Waals surface area contributed by atoms with E-state index in [9.17, 15) is 22.4 Å². The molecule has 1 aliphatic heterocycles. The van der Waals surface area contributed by atoms with Crippen LogP contribution in [0.4, 0.5) is 17.6 Å². The van der Waals surface area contributed by atoms with E-state index >= 15 is 0 Å². The van der Waals surface area contributed by atoms with Gasteiger partial charge in [0, 0.05) is 37.2 Å². The molecule has 0 aliphatic carbocycles. The molecule has 24 heavy (non-hydrogen) atoms. The molecule has 0 radical (unpaired) electrons. The predicted octanol–water partition coefficient (Wildman–Crippen LogP) is 2.58. The van der Waals surface area contributed by atoms with Gasteiger partial charge in [-0.1, -0.05) is 15.9 Å². The van der Waals surface area contributed by atoms with Crippen LogP contribution in [0.5, 0.6) is 0 Å². The van der Waals surface area contributed by atoms with Crippen molar-refractivity contribution >= 4 is 34.2 Å². The standard InChI is InChI=1S/C14H16BrF4N3O.ClH/c15-9-1-2-10(11(16)7-9)13(23)21-8-12(14(17,18)19)22-5-3-20-4-6-22;/h1-2,7,12,20H,3-6,8H2,(H,21,23);1H. The fraction of sp³-hybridized carbons (Fsp3) is 0.500. The van der Waals surface area contributed by atoms with Crippen LogP contribution in [0.15, 0.2) is 22.7 Å². The SMILES string of the molecule is Cl.O=C(NCC(N1CCNCC1)C(F)(F)F)c1ccc(Br)cc1F. The van der Waals surface area contributed by atoms with Gasteiger partial charge in [-0.05, 0) is 18.2 Å². The number of rotatable bonds is 4. The molecule has 1 aromatic carbocycles. The molecule has 0 spiro atoms. The van der Waals surface area contributed by atoms with Gasteiger partial charge in [0.25, 0.3) is 5.91 Å². The maximum atomic E-state index is 13.7. The second-order valence-corrected chi connectivity index (χ2v) is 6.09. The number of alkyl halides is 3. The van der Waals surface area contributed by atoms with Crippen molar-refractivity contribution in [2.45, 2.75) is 12.2 Å². The van der Waals surface area contributed by atoms with Gasteiger partial charge in [-0.15, -0.1) is 12.4 Å². The first-order chi connectivity index (χ1) is 10.8. The monoisotopic (exact) mass is 433 g/mol. The van der Waals surface area contributed by atoms with E-state index in [0.29, 0.717) is 17.6 Å². The van der Waals surface area contributed by atoms with Gasteiger partial charge in [-0.25, -0.2) is 4.39 Å². The lowest BCUT2D eigenvalue weighted by Crippen LogP contribution is -2.57. The van der Waals surface area contributed by atoms with E-state index < -0.39 is 30.5 Å². The summed E-state index contributed by atoms with van der Waals surface area (Å²) in [6.45, 7) is 0.793. The molecule has 2 N–H and O–H groups in total. The number of benzene rings is 1. The Balaban J connectivity index is 0.00000288. The number of carbonyl (C=O) groups is 1. The first kappa shape index (κ1) is 21.1. The van der Waals surface area contributed by atoms with Crippen LogP contribution in [0, 0.1) is 5.82 Å². The molecule has 2 rings (SSSR count). The fourth-order valence-electron chi connectivity index (χ4n) is 2.40. The maximum absolute atomic E-state index is 13.7. The minimum absolute atomic E-state index is 0. The largest absolute Gasteiger partial charge is 0.405 e. The number of hydrogen-bond acceptors (Lipinski definition) is 3. The molecule has 1 aliphatic rings. The third-order valence-corrected chi connectivity index (χ3v) is 4.10. The van der Waals surface area contributed by atoms with Crippen LogP contribution in [0.3, 0.4) is 0 Å². The van der Waals surface area contributed by atoms with Crippen LogP contribution in [0.1, 0.15) is 10.4 Å². The minimum atomic E-state index is -4.47. The summed E-state index contributed by atoms with van der Waals surface area (Å²) in [7, 11) is 0. The Morgan fingerprint density at radius 3 is 2.50 bits per heavy atom. The summed E-state index contributed by atoms with van der Waals surface area (Å²) >= 11 is 3.05. The molecule has 1 unspecified atom stereocenters. The van der Waals surface area contributed by atoms with Crippen molar-refractivity contribution in [1.82, 2.24) is 15.5 Å². The smallest absolute Gasteiger partial charge is 0.350 e. The van der Waals surface area contributed by atoms with Gasteiger partial charge in [0.15, 0.2) is 0 Å². The van der Waals surface area contributed by atoms with Gasteiger partial charge in [0.2, 0.25) is 0 Å². The number of nitrogens with zero attached hydrogens (tertiary/aromatic N) is 1. The number of carbonyl (C=O) groups excluding carboxylic acids is 1. The van der Waals surface area contributed by atoms with Crippen molar-refractivity contribution in [3.05, 3.63) is 34.1 Å². The van der Waals surface area contributed by atoms with Gasteiger partial charge in [-0.3, -0.25) is 9.69 Å². The zero-order chi connectivity index (χ0) is 17.0. The third kappa shape index (κ3) is 5.58. The fourth-order valence-corrected chi connectivity index (χ4v) is 2.74. The van der Waals surface area contributed by atoms with Crippen LogP contribution in [0.2, 0.25) is 0 Å². The van der Waals surface area contributed by atoms with Gasteiger partial charge in [0.05, 0.1) is 5.56 Å². The summed E-state index contributed by atoms with van der Waals surface area (Å²) in [5.74, 6) is -1.65. The summed E-state index contributed by atoms with van der Waals surface area (Å²) in [6, 6.07) is 1.98. The lowest BCUT2D eigenvalue weighted by atomic mass is 10.1. The highest BCUT2D eigenvalue weighted by atomic mass is 79.9. The molecule has 4 nitrogen and oxygen atoms in total. The zero-order valence-corrected chi connectivity index (χ0v) is 14.9. The third-order valence-electron chi connectivity index (χ3n) is 3.60. The van der Waals surface area contributed by atoms with Crippen molar-refractivity contribution in [2.24, 2.45) is 0 Å². The lowest BCUT2D eigenvalue weighted by molar-refractivity contribution is -0.183. The van der Waals surface area contributed by atoms with E-state index in [1.165, 1.54) is 17.0 Å². The first-order valence-corrected chi connectivity index (χ1v) is 7.83. The molecule has 1 fully saturated rings. The Bertz CT molecular complexity index is 567. The van der Waals surface area contributed by atoms with Crippen molar-refractivity contribution in [1.29, 1.82) is 0 Å². The number of amides is 1. The summed E-state index contributed by atoms with van der Waals surface area (Å²) in [5, 5.41) is 5.16. The molecule has 1 heterocycles. The van der Waals surface area contributed by atoms with Crippen molar-refractivity contribution in [2.75, 3.05) is 32.7 Å². The second kappa shape index (κ2) is 8.98. The lowest BCUT2D eigenvalue weighted by Gasteiger charge is -2.35. The maximum Gasteiger partial charge on any atom is 0.405 e. The molecule has 1 atom stereocenters. The Kier molecular flexibility index (Phi) is 7.91. The highest BCUT2D eigenvalue weighted by Gasteiger charge is 2.43. The van der Waals surface area contributed by atoms with Gasteiger partial charge in [-0.2, -0.15) is 13.2 Å². The summed E-state index contributed by atoms with van der Waals surface area (Å²) in [5.41, 5.74) is -0.283.